The first-order chi connectivity index (χ1) is 13.0. The van der Waals surface area contributed by atoms with Gasteiger partial charge in [-0.3, -0.25) is 9.59 Å². The molecule has 3 heterocycles. The zero-order chi connectivity index (χ0) is 19.3. The molecule has 8 nitrogen and oxygen atoms in total. The van der Waals surface area contributed by atoms with Crippen molar-refractivity contribution in [2.24, 2.45) is 5.92 Å². The van der Waals surface area contributed by atoms with E-state index in [9.17, 15) is 18.0 Å². The number of nitrogens with zero attached hydrogens (tertiary/aromatic N) is 1. The molecule has 1 atom stereocenters. The number of thiophene rings is 1. The Morgan fingerprint density at radius 1 is 1.30 bits per heavy atom. The Morgan fingerprint density at radius 2 is 2.07 bits per heavy atom. The predicted octanol–water partition coefficient (Wildman–Crippen LogP) is 0.987. The van der Waals surface area contributed by atoms with Crippen molar-refractivity contribution in [2.45, 2.75) is 36.0 Å². The standard InChI is InChI=1S/C17H24N2O6S2/c20-15(18-11-14-3-1-9-24-14)12-25-17(21)13-5-7-19(8-6-13)27(22,23)16-4-2-10-26-16/h2,4,10,13-14H,1,3,5-9,11-12H2,(H,18,20)/t14-/m0/s1. The predicted molar refractivity (Wildman–Crippen MR) is 98.7 cm³/mol. The van der Waals surface area contributed by atoms with E-state index in [0.29, 0.717) is 23.6 Å². The maximum Gasteiger partial charge on any atom is 0.309 e. The molecule has 2 aliphatic rings. The smallest absolute Gasteiger partial charge is 0.309 e. The van der Waals surface area contributed by atoms with Crippen LogP contribution in [-0.2, 0) is 29.1 Å². The van der Waals surface area contributed by atoms with Gasteiger partial charge in [0.1, 0.15) is 4.21 Å². The molecule has 0 radical (unpaired) electrons. The highest BCUT2D eigenvalue weighted by Gasteiger charge is 2.33. The third-order valence-electron chi connectivity index (χ3n) is 4.77. The van der Waals surface area contributed by atoms with Gasteiger partial charge in [-0.1, -0.05) is 6.07 Å². The number of ether oxygens (including phenoxy) is 2. The molecular weight excluding hydrogens is 392 g/mol. The highest BCUT2D eigenvalue weighted by atomic mass is 32.2. The van der Waals surface area contributed by atoms with Crippen LogP contribution in [0.5, 0.6) is 0 Å². The van der Waals surface area contributed by atoms with E-state index >= 15 is 0 Å². The van der Waals surface area contributed by atoms with Gasteiger partial charge in [-0.05, 0) is 37.1 Å². The lowest BCUT2D eigenvalue weighted by Crippen LogP contribution is -2.41. The lowest BCUT2D eigenvalue weighted by atomic mass is 9.98. The summed E-state index contributed by atoms with van der Waals surface area (Å²) in [5.74, 6) is -1.18. The van der Waals surface area contributed by atoms with E-state index in [-0.39, 0.29) is 37.6 Å². The molecule has 1 aromatic rings. The molecule has 0 aromatic carbocycles. The van der Waals surface area contributed by atoms with Gasteiger partial charge in [-0.15, -0.1) is 11.3 Å². The molecule has 150 valence electrons. The summed E-state index contributed by atoms with van der Waals surface area (Å²) in [4.78, 5) is 23.9. The van der Waals surface area contributed by atoms with E-state index in [2.05, 4.69) is 5.32 Å². The van der Waals surface area contributed by atoms with Crippen LogP contribution in [0, 0.1) is 5.92 Å². The average molecular weight is 417 g/mol. The van der Waals surface area contributed by atoms with Crippen molar-refractivity contribution in [3.05, 3.63) is 17.5 Å². The molecule has 2 fully saturated rings. The summed E-state index contributed by atoms with van der Waals surface area (Å²) in [6, 6.07) is 3.28. The number of hydrogen-bond donors (Lipinski definition) is 1. The summed E-state index contributed by atoms with van der Waals surface area (Å²) in [7, 11) is -3.49. The second-order valence-corrected chi connectivity index (χ2v) is 9.77. The molecule has 2 aliphatic heterocycles. The number of piperidine rings is 1. The van der Waals surface area contributed by atoms with E-state index in [1.807, 2.05) is 0 Å². The number of esters is 1. The first kappa shape index (κ1) is 20.2. The van der Waals surface area contributed by atoms with Gasteiger partial charge in [0.2, 0.25) is 0 Å². The Labute approximate surface area is 162 Å². The highest BCUT2D eigenvalue weighted by molar-refractivity contribution is 7.91. The Bertz CT molecular complexity index is 735. The Kier molecular flexibility index (Phi) is 6.85. The minimum Gasteiger partial charge on any atom is -0.455 e. The normalized spacial score (nSPS) is 21.9. The molecule has 10 heteroatoms. The lowest BCUT2D eigenvalue weighted by molar-refractivity contribution is -0.153. The van der Waals surface area contributed by atoms with Crippen LogP contribution < -0.4 is 5.32 Å². The molecule has 0 saturated carbocycles. The van der Waals surface area contributed by atoms with E-state index in [0.717, 1.165) is 19.4 Å². The highest BCUT2D eigenvalue weighted by Crippen LogP contribution is 2.26. The molecule has 0 unspecified atom stereocenters. The molecule has 3 rings (SSSR count). The topological polar surface area (TPSA) is 102 Å². The minimum atomic E-state index is -3.49. The fourth-order valence-electron chi connectivity index (χ4n) is 3.21. The number of rotatable bonds is 7. The SMILES string of the molecule is O=C(COC(=O)C1CCN(S(=O)(=O)c2cccs2)CC1)NC[C@@H]1CCCO1. The van der Waals surface area contributed by atoms with E-state index in [1.54, 1.807) is 17.5 Å². The van der Waals surface area contributed by atoms with Gasteiger partial charge >= 0.3 is 5.97 Å². The maximum absolute atomic E-state index is 12.5. The van der Waals surface area contributed by atoms with Crippen LogP contribution in [0.15, 0.2) is 21.7 Å². The Hall–Kier alpha value is -1.49. The van der Waals surface area contributed by atoms with Crippen molar-refractivity contribution in [3.63, 3.8) is 0 Å². The zero-order valence-corrected chi connectivity index (χ0v) is 16.6. The number of carbonyl (C=O) groups excluding carboxylic acids is 2. The number of sulfonamides is 1. The van der Waals surface area contributed by atoms with Crippen molar-refractivity contribution < 1.29 is 27.5 Å². The summed E-state index contributed by atoms with van der Waals surface area (Å²) in [6.45, 7) is 1.36. The van der Waals surface area contributed by atoms with Gasteiger partial charge in [0, 0.05) is 26.2 Å². The maximum atomic E-state index is 12.5. The molecular formula is C17H24N2O6S2. The van der Waals surface area contributed by atoms with Crippen LogP contribution in [-0.4, -0.2) is 63.6 Å². The first-order valence-electron chi connectivity index (χ1n) is 9.05. The third-order valence-corrected chi connectivity index (χ3v) is 8.04. The first-order valence-corrected chi connectivity index (χ1v) is 11.4. The van der Waals surface area contributed by atoms with Crippen molar-refractivity contribution in [1.29, 1.82) is 0 Å². The fraction of sp³-hybridized carbons (Fsp3) is 0.647. The average Bonchev–Trinajstić information content (AvgIpc) is 3.38. The number of nitrogens with one attached hydrogen (secondary N) is 1. The number of amides is 1. The number of hydrogen-bond acceptors (Lipinski definition) is 7. The summed E-state index contributed by atoms with van der Waals surface area (Å²) in [5.41, 5.74) is 0. The second kappa shape index (κ2) is 9.13. The summed E-state index contributed by atoms with van der Waals surface area (Å²) in [6.07, 6.45) is 2.74. The fourth-order valence-corrected chi connectivity index (χ4v) is 5.82. The molecule has 0 spiro atoms. The van der Waals surface area contributed by atoms with Crippen molar-refractivity contribution in [1.82, 2.24) is 9.62 Å². The molecule has 1 amide bonds. The minimum absolute atomic E-state index is 0.0410. The van der Waals surface area contributed by atoms with Crippen LogP contribution in [0.25, 0.3) is 0 Å². The largest absolute Gasteiger partial charge is 0.455 e. The molecule has 1 N–H and O–H groups in total. The van der Waals surface area contributed by atoms with E-state index in [1.165, 1.54) is 15.6 Å². The lowest BCUT2D eigenvalue weighted by Gasteiger charge is -2.29. The van der Waals surface area contributed by atoms with Gasteiger partial charge in [-0.2, -0.15) is 4.31 Å². The molecule has 1 aromatic heterocycles. The summed E-state index contributed by atoms with van der Waals surface area (Å²) >= 11 is 1.18. The van der Waals surface area contributed by atoms with Crippen molar-refractivity contribution in [2.75, 3.05) is 32.8 Å². The van der Waals surface area contributed by atoms with Crippen molar-refractivity contribution >= 4 is 33.2 Å². The van der Waals surface area contributed by atoms with Gasteiger partial charge in [0.05, 0.1) is 12.0 Å². The van der Waals surface area contributed by atoms with Crippen LogP contribution in [0.3, 0.4) is 0 Å². The van der Waals surface area contributed by atoms with Crippen LogP contribution in [0.2, 0.25) is 0 Å². The molecule has 27 heavy (non-hydrogen) atoms. The molecule has 0 aliphatic carbocycles. The molecule has 0 bridgehead atoms. The van der Waals surface area contributed by atoms with E-state index < -0.39 is 16.0 Å². The third kappa shape index (κ3) is 5.28. The summed E-state index contributed by atoms with van der Waals surface area (Å²) < 4.78 is 37.2. The van der Waals surface area contributed by atoms with Crippen LogP contribution in [0.1, 0.15) is 25.7 Å². The zero-order valence-electron chi connectivity index (χ0n) is 15.0. The quantitative estimate of drug-likeness (QED) is 0.665. The molecule has 2 saturated heterocycles. The van der Waals surface area contributed by atoms with Crippen LogP contribution >= 0.6 is 11.3 Å². The van der Waals surface area contributed by atoms with E-state index in [4.69, 9.17) is 9.47 Å². The van der Waals surface area contributed by atoms with Crippen molar-refractivity contribution in [3.8, 4) is 0 Å². The van der Waals surface area contributed by atoms with Gasteiger partial charge in [0.25, 0.3) is 15.9 Å². The Morgan fingerprint density at radius 3 is 2.70 bits per heavy atom. The summed E-state index contributed by atoms with van der Waals surface area (Å²) in [5, 5.41) is 4.42. The monoisotopic (exact) mass is 416 g/mol. The van der Waals surface area contributed by atoms with Gasteiger partial charge in [-0.25, -0.2) is 8.42 Å². The van der Waals surface area contributed by atoms with Gasteiger partial charge in [0.15, 0.2) is 6.61 Å². The Balaban J connectivity index is 1.38. The second-order valence-electron chi connectivity index (χ2n) is 6.66. The van der Waals surface area contributed by atoms with Crippen LogP contribution in [0.4, 0.5) is 0 Å². The number of carbonyl (C=O) groups is 2. The van der Waals surface area contributed by atoms with Gasteiger partial charge < -0.3 is 14.8 Å².